The van der Waals surface area contributed by atoms with E-state index in [0.717, 1.165) is 17.2 Å². The Kier molecular flexibility index (Phi) is 3.92. The molecule has 0 aromatic heterocycles. The Bertz CT molecular complexity index is 793. The molecule has 0 aliphatic carbocycles. The van der Waals surface area contributed by atoms with E-state index in [4.69, 9.17) is 8.92 Å². The van der Waals surface area contributed by atoms with E-state index in [2.05, 4.69) is 25.0 Å². The second-order valence-electron chi connectivity index (χ2n) is 5.92. The lowest BCUT2D eigenvalue weighted by Gasteiger charge is -2.31. The van der Waals surface area contributed by atoms with Crippen LogP contribution in [-0.4, -0.2) is 5.60 Å². The summed E-state index contributed by atoms with van der Waals surface area (Å²) in [4.78, 5) is 0. The number of halogens is 3. The summed E-state index contributed by atoms with van der Waals surface area (Å²) in [5.74, 6) is 1.08. The van der Waals surface area contributed by atoms with Crippen molar-refractivity contribution in [3.05, 3.63) is 65.2 Å². The maximum absolute atomic E-state index is 12.7. The Balaban J connectivity index is 2.08. The second-order valence-corrected chi connectivity index (χ2v) is 6.10. The molecule has 1 aliphatic heterocycles. The van der Waals surface area contributed by atoms with E-state index < -0.39 is 17.3 Å². The summed E-state index contributed by atoms with van der Waals surface area (Å²) in [7, 11) is 0. The standard InChI is InChI=1S/C18H13F3O2S/c1-17(2)10-15(11-3-5-12(6-4-11)18(19,20)21)14-8-7-13(23-24)9-16(14)22-17/h3,5,7-10,24H,1-2H3. The molecule has 0 saturated carbocycles. The van der Waals surface area contributed by atoms with Crippen LogP contribution in [0.4, 0.5) is 13.2 Å². The molecule has 6 heteroatoms. The highest BCUT2D eigenvalue weighted by atomic mass is 32.1. The van der Waals surface area contributed by atoms with Crippen molar-refractivity contribution in [2.24, 2.45) is 0 Å². The van der Waals surface area contributed by atoms with Crippen molar-refractivity contribution in [1.82, 2.24) is 0 Å². The number of hydrogen-bond donors (Lipinski definition) is 1. The molecule has 124 valence electrons. The van der Waals surface area contributed by atoms with Gasteiger partial charge >= 0.3 is 6.18 Å². The highest BCUT2D eigenvalue weighted by Crippen LogP contribution is 2.41. The van der Waals surface area contributed by atoms with Crippen LogP contribution < -0.4 is 8.92 Å². The second kappa shape index (κ2) is 5.67. The molecule has 0 radical (unpaired) electrons. The number of fused-ring (bicyclic) bond motifs is 1. The van der Waals surface area contributed by atoms with Crippen molar-refractivity contribution in [1.29, 1.82) is 0 Å². The van der Waals surface area contributed by atoms with E-state index in [1.54, 1.807) is 18.2 Å². The fourth-order valence-corrected chi connectivity index (χ4v) is 2.65. The lowest BCUT2D eigenvalue weighted by molar-refractivity contribution is -0.137. The molecule has 1 heterocycles. The third-order valence-electron chi connectivity index (χ3n) is 3.56. The molecule has 0 N–H and O–H groups in total. The summed E-state index contributed by atoms with van der Waals surface area (Å²) in [5, 5.41) is 0. The van der Waals surface area contributed by atoms with Crippen LogP contribution in [0.15, 0.2) is 36.4 Å². The van der Waals surface area contributed by atoms with Crippen LogP contribution in [0, 0.1) is 12.1 Å². The molecular formula is C18H13F3O2S. The largest absolute Gasteiger partial charge is 0.483 e. The third kappa shape index (κ3) is 3.17. The van der Waals surface area contributed by atoms with Gasteiger partial charge in [0.2, 0.25) is 0 Å². The average Bonchev–Trinajstić information content (AvgIpc) is 2.52. The van der Waals surface area contributed by atoms with E-state index in [9.17, 15) is 13.2 Å². The molecule has 2 nitrogen and oxygen atoms in total. The first-order valence-electron chi connectivity index (χ1n) is 7.09. The average molecular weight is 350 g/mol. The van der Waals surface area contributed by atoms with E-state index in [1.807, 2.05) is 19.9 Å². The van der Waals surface area contributed by atoms with Crippen LogP contribution in [0.2, 0.25) is 0 Å². The molecule has 3 rings (SSSR count). The maximum atomic E-state index is 12.7. The summed E-state index contributed by atoms with van der Waals surface area (Å²) in [6.07, 6.45) is -2.58. The maximum Gasteiger partial charge on any atom is 0.424 e. The van der Waals surface area contributed by atoms with Crippen LogP contribution in [0.25, 0.3) is 5.57 Å². The van der Waals surface area contributed by atoms with E-state index in [0.29, 0.717) is 17.1 Å². The van der Waals surface area contributed by atoms with Gasteiger partial charge < -0.3 is 8.92 Å². The van der Waals surface area contributed by atoms with Crippen LogP contribution >= 0.6 is 12.9 Å². The zero-order valence-corrected chi connectivity index (χ0v) is 13.8. The van der Waals surface area contributed by atoms with Crippen molar-refractivity contribution in [2.75, 3.05) is 0 Å². The molecule has 0 spiro atoms. The van der Waals surface area contributed by atoms with Gasteiger partial charge in [0.05, 0.1) is 0 Å². The summed E-state index contributed by atoms with van der Waals surface area (Å²) >= 11 is 3.76. The SMILES string of the molecule is CC1(C)C=C(c2c#cc(C(F)(F)F)cc2)c2ccc(OS)cc2O1. The van der Waals surface area contributed by atoms with Crippen molar-refractivity contribution in [2.45, 2.75) is 25.6 Å². The van der Waals surface area contributed by atoms with Gasteiger partial charge in [-0.25, -0.2) is 0 Å². The highest BCUT2D eigenvalue weighted by molar-refractivity contribution is 7.75. The predicted molar refractivity (Wildman–Crippen MR) is 87.0 cm³/mol. The van der Waals surface area contributed by atoms with Gasteiger partial charge in [0.1, 0.15) is 22.7 Å². The molecule has 0 atom stereocenters. The normalized spacial score (nSPS) is 15.7. The quantitative estimate of drug-likeness (QED) is 0.598. The first-order chi connectivity index (χ1) is 11.2. The van der Waals surface area contributed by atoms with Crippen LogP contribution in [-0.2, 0) is 6.18 Å². The van der Waals surface area contributed by atoms with E-state index >= 15 is 0 Å². The summed E-state index contributed by atoms with van der Waals surface area (Å²) in [5.41, 5.74) is 0.510. The van der Waals surface area contributed by atoms with Gasteiger partial charge in [0.25, 0.3) is 0 Å². The highest BCUT2D eigenvalue weighted by Gasteiger charge is 2.31. The zero-order valence-electron chi connectivity index (χ0n) is 12.9. The van der Waals surface area contributed by atoms with E-state index in [1.165, 1.54) is 6.07 Å². The summed E-state index contributed by atoms with van der Waals surface area (Å²) in [6.45, 7) is 3.72. The summed E-state index contributed by atoms with van der Waals surface area (Å²) < 4.78 is 48.9. The van der Waals surface area contributed by atoms with Crippen molar-refractivity contribution in [3.63, 3.8) is 0 Å². The minimum absolute atomic E-state index is 0.511. The Hall–Kier alpha value is -2.26. The molecular weight excluding hydrogens is 337 g/mol. The van der Waals surface area contributed by atoms with Crippen LogP contribution in [0.1, 0.15) is 30.5 Å². The molecule has 0 bridgehead atoms. The number of ether oxygens (including phenoxy) is 1. The fraction of sp³-hybridized carbons (Fsp3) is 0.222. The van der Waals surface area contributed by atoms with Crippen LogP contribution in [0.3, 0.4) is 0 Å². The van der Waals surface area contributed by atoms with Gasteiger partial charge in [-0.2, -0.15) is 13.2 Å². The molecule has 2 aromatic carbocycles. The van der Waals surface area contributed by atoms with Gasteiger partial charge in [0, 0.05) is 35.7 Å². The monoisotopic (exact) mass is 350 g/mol. The van der Waals surface area contributed by atoms with Crippen LogP contribution in [0.5, 0.6) is 11.5 Å². The number of hydrogen-bond acceptors (Lipinski definition) is 3. The first-order valence-corrected chi connectivity index (χ1v) is 7.45. The summed E-state index contributed by atoms with van der Waals surface area (Å²) in [6, 6.07) is 12.3. The molecule has 1 aliphatic rings. The predicted octanol–water partition coefficient (Wildman–Crippen LogP) is 5.13. The number of benzene rings is 1. The lowest BCUT2D eigenvalue weighted by atomic mass is 9.90. The third-order valence-corrected chi connectivity index (χ3v) is 3.77. The Labute approximate surface area is 143 Å². The minimum atomic E-state index is -4.44. The molecule has 2 aromatic rings. The number of alkyl halides is 3. The molecule has 0 saturated heterocycles. The smallest absolute Gasteiger partial charge is 0.424 e. The Morgan fingerprint density at radius 1 is 1.12 bits per heavy atom. The molecule has 24 heavy (non-hydrogen) atoms. The fourth-order valence-electron chi connectivity index (χ4n) is 2.53. The molecule has 0 unspecified atom stereocenters. The topological polar surface area (TPSA) is 18.5 Å². The zero-order chi connectivity index (χ0) is 17.5. The Morgan fingerprint density at radius 3 is 2.46 bits per heavy atom. The van der Waals surface area contributed by atoms with Gasteiger partial charge in [-0.15, -0.1) is 0 Å². The van der Waals surface area contributed by atoms with Gasteiger partial charge in [0.15, 0.2) is 0 Å². The minimum Gasteiger partial charge on any atom is -0.483 e. The number of rotatable bonds is 2. The molecule has 0 fully saturated rings. The van der Waals surface area contributed by atoms with Gasteiger partial charge in [-0.3, -0.25) is 0 Å². The van der Waals surface area contributed by atoms with Crippen molar-refractivity contribution in [3.8, 4) is 11.5 Å². The van der Waals surface area contributed by atoms with Gasteiger partial charge in [-0.05, 0) is 44.2 Å². The first kappa shape index (κ1) is 16.6. The van der Waals surface area contributed by atoms with E-state index in [-0.39, 0.29) is 0 Å². The lowest BCUT2D eigenvalue weighted by Crippen LogP contribution is -2.29. The van der Waals surface area contributed by atoms with Crippen molar-refractivity contribution >= 4 is 18.5 Å². The Morgan fingerprint density at radius 2 is 1.88 bits per heavy atom. The van der Waals surface area contributed by atoms with Gasteiger partial charge in [-0.1, -0.05) is 12.1 Å². The van der Waals surface area contributed by atoms with Crippen molar-refractivity contribution < 1.29 is 22.1 Å². The molecule has 0 amide bonds. The number of thiol groups is 1.